The van der Waals surface area contributed by atoms with Crippen LogP contribution in [0.25, 0.3) is 44.3 Å². The van der Waals surface area contributed by atoms with E-state index in [1.165, 1.54) is 55.2 Å². The highest BCUT2D eigenvalue weighted by Crippen LogP contribution is 2.46. The zero-order chi connectivity index (χ0) is 55.8. The van der Waals surface area contributed by atoms with Gasteiger partial charge < -0.3 is 47.4 Å². The van der Waals surface area contributed by atoms with Crippen LogP contribution >= 0.6 is 0 Å². The van der Waals surface area contributed by atoms with Crippen molar-refractivity contribution < 1.29 is 32.6 Å². The Morgan fingerprint density at radius 3 is 1.27 bits per heavy atom. The Morgan fingerprint density at radius 2 is 0.897 bits per heavy atom. The molecule has 0 aliphatic rings. The maximum absolute atomic E-state index is 16.1. The number of rotatable bonds is 26. The maximum atomic E-state index is 16.1. The number of fused-ring (bicyclic) bond motifs is 2. The van der Waals surface area contributed by atoms with Gasteiger partial charge in [0.15, 0.2) is 23.0 Å². The largest absolute Gasteiger partial charge is 0.494 e. The first-order chi connectivity index (χ1) is 37.6. The molecule has 2 heterocycles. The second kappa shape index (κ2) is 25.8. The molecule has 0 aliphatic carbocycles. The normalized spacial score (nSPS) is 11.8. The van der Waals surface area contributed by atoms with Gasteiger partial charge in [-0.2, -0.15) is 0 Å². The van der Waals surface area contributed by atoms with E-state index in [1.807, 2.05) is 36.4 Å². The number of benzene rings is 6. The lowest BCUT2D eigenvalue weighted by Gasteiger charge is -2.20. The lowest BCUT2D eigenvalue weighted by Crippen LogP contribution is -2.23. The van der Waals surface area contributed by atoms with Crippen LogP contribution in [0, 0.1) is 13.8 Å². The van der Waals surface area contributed by atoms with Crippen molar-refractivity contribution in [1.82, 2.24) is 18.9 Å². The molecule has 0 saturated heterocycles. The van der Waals surface area contributed by atoms with Gasteiger partial charge in [-0.05, 0) is 160 Å². The quantitative estimate of drug-likeness (QED) is 0.0492. The lowest BCUT2D eigenvalue weighted by molar-refractivity contribution is 0.264. The summed E-state index contributed by atoms with van der Waals surface area (Å²) < 4.78 is 56.0. The van der Waals surface area contributed by atoms with Crippen molar-refractivity contribution in [2.24, 2.45) is 14.1 Å². The van der Waals surface area contributed by atoms with Crippen LogP contribution < -0.4 is 28.4 Å². The minimum atomic E-state index is -1.65. The number of hydrogen-bond donors (Lipinski definition) is 0. The third-order valence-electron chi connectivity index (χ3n) is 15.2. The molecule has 12 heteroatoms. The van der Waals surface area contributed by atoms with E-state index < -0.39 is 10.8 Å². The lowest BCUT2D eigenvalue weighted by atomic mass is 9.95. The third kappa shape index (κ3) is 12.4. The van der Waals surface area contributed by atoms with Crippen molar-refractivity contribution in [3.05, 3.63) is 143 Å². The smallest absolute Gasteiger partial charge is 0.160 e. The molecule has 0 aliphatic heterocycles. The van der Waals surface area contributed by atoms with Gasteiger partial charge in [-0.3, -0.25) is 0 Å². The fourth-order valence-corrected chi connectivity index (χ4v) is 12.6. The Labute approximate surface area is 466 Å². The number of para-hydroxylation sites is 2. The monoisotopic (exact) mass is 1070 g/mol. The molecule has 0 amide bonds. The van der Waals surface area contributed by atoms with Gasteiger partial charge in [0.25, 0.3) is 0 Å². The summed E-state index contributed by atoms with van der Waals surface area (Å²) >= 11 is 0. The molecule has 6 aromatic carbocycles. The zero-order valence-electron chi connectivity index (χ0n) is 48.7. The number of likely N-dealkylation sites (N-methyl/N-ethyl adjacent to an activating group) is 2. The molecule has 0 radical (unpaired) electrons. The van der Waals surface area contributed by atoms with Crippen molar-refractivity contribution in [3.63, 3.8) is 0 Å². The number of hydrogen-bond acceptors (Lipinski definition) is 9. The Hall–Kier alpha value is -6.73. The van der Waals surface area contributed by atoms with E-state index in [-0.39, 0.29) is 11.8 Å². The molecule has 0 atom stereocenters. The van der Waals surface area contributed by atoms with E-state index in [0.29, 0.717) is 13.2 Å². The molecule has 0 N–H and O–H groups in total. The molecular weight excluding hydrogens is 993 g/mol. The molecule has 414 valence electrons. The summed E-state index contributed by atoms with van der Waals surface area (Å²) in [5.41, 5.74) is 13.5. The molecule has 0 unspecified atom stereocenters. The summed E-state index contributed by atoms with van der Waals surface area (Å²) in [6.07, 6.45) is 3.46. The molecule has 78 heavy (non-hydrogen) atoms. The van der Waals surface area contributed by atoms with Crippen LogP contribution in [0.3, 0.4) is 0 Å². The third-order valence-corrected chi connectivity index (χ3v) is 16.8. The van der Waals surface area contributed by atoms with Crippen LogP contribution in [0.15, 0.2) is 119 Å². The molecule has 0 saturated carbocycles. The summed E-state index contributed by atoms with van der Waals surface area (Å²) in [6, 6.07) is 37.7. The second-order valence-electron chi connectivity index (χ2n) is 21.4. The van der Waals surface area contributed by atoms with Crippen molar-refractivity contribution in [2.75, 3.05) is 81.9 Å². The summed E-state index contributed by atoms with van der Waals surface area (Å²) in [6.45, 7) is 18.0. The first-order valence-corrected chi connectivity index (χ1v) is 28.6. The number of methoxy groups -OCH3 is 4. The number of aryl methyl sites for hydroxylation is 4. The van der Waals surface area contributed by atoms with Crippen LogP contribution in [-0.2, 0) is 37.7 Å². The molecule has 8 rings (SSSR count). The second-order valence-corrected chi connectivity index (χ2v) is 22.8. The topological polar surface area (TPSA) is 88.8 Å². The zero-order valence-corrected chi connectivity index (χ0v) is 49.5. The predicted molar refractivity (Wildman–Crippen MR) is 321 cm³/mol. The van der Waals surface area contributed by atoms with Gasteiger partial charge in [0, 0.05) is 62.2 Å². The van der Waals surface area contributed by atoms with E-state index in [4.69, 9.17) is 28.4 Å². The van der Waals surface area contributed by atoms with Crippen molar-refractivity contribution >= 4 is 32.6 Å². The highest BCUT2D eigenvalue weighted by molar-refractivity contribution is 7.85. The van der Waals surface area contributed by atoms with Gasteiger partial charge in [-0.1, -0.05) is 76.2 Å². The highest BCUT2D eigenvalue weighted by Gasteiger charge is 2.29. The van der Waals surface area contributed by atoms with Gasteiger partial charge >= 0.3 is 0 Å². The summed E-state index contributed by atoms with van der Waals surface area (Å²) in [7, 11) is 13.6. The average molecular weight is 1080 g/mol. The van der Waals surface area contributed by atoms with Crippen molar-refractivity contribution in [3.8, 4) is 57.0 Å². The van der Waals surface area contributed by atoms with Crippen LogP contribution in [0.4, 0.5) is 0 Å². The number of nitrogens with zero attached hydrogens (tertiary/aromatic N) is 4. The van der Waals surface area contributed by atoms with E-state index >= 15 is 4.21 Å². The molecule has 0 fully saturated rings. The first-order valence-electron chi connectivity index (χ1n) is 27.5. The average Bonchev–Trinajstić information content (AvgIpc) is 4.16. The maximum Gasteiger partial charge on any atom is 0.160 e. The van der Waals surface area contributed by atoms with Gasteiger partial charge in [0.05, 0.1) is 84.7 Å². The Kier molecular flexibility index (Phi) is 19.0. The predicted octanol–water partition coefficient (Wildman–Crippen LogP) is 14.0. The van der Waals surface area contributed by atoms with Gasteiger partial charge in [-0.15, -0.1) is 0 Å². The summed E-state index contributed by atoms with van der Waals surface area (Å²) in [5, 5.41) is 2.42. The van der Waals surface area contributed by atoms with Gasteiger partial charge in [0.1, 0.15) is 11.5 Å². The van der Waals surface area contributed by atoms with Crippen molar-refractivity contribution in [2.45, 2.75) is 88.9 Å². The first kappa shape index (κ1) is 57.4. The fourth-order valence-electron chi connectivity index (χ4n) is 11.3. The number of aromatic nitrogens is 2. The molecule has 2 aromatic heterocycles. The van der Waals surface area contributed by atoms with Crippen LogP contribution in [0.1, 0.15) is 85.8 Å². The van der Waals surface area contributed by atoms with E-state index in [9.17, 15) is 0 Å². The van der Waals surface area contributed by atoms with Crippen LogP contribution in [0.5, 0.6) is 34.5 Å². The van der Waals surface area contributed by atoms with Gasteiger partial charge in [0.2, 0.25) is 0 Å². The van der Waals surface area contributed by atoms with Crippen LogP contribution in [-0.4, -0.2) is 105 Å². The van der Waals surface area contributed by atoms with Gasteiger partial charge in [-0.25, -0.2) is 4.21 Å². The van der Waals surface area contributed by atoms with E-state index in [2.05, 4.69) is 161 Å². The standard InChI is InChI=1S/C66H82N4O7S/c1-43(2)61-51-21-15-19-45(5)63(51)69(9)65(61)53-41-49(76-37-17-33-67(7)35-31-47-23-27-55(72-11)57(39-47)74-13)25-29-59(53)78(71)60-30-26-50(42-54(60)66-62(44(3)4)52-22-16-20-46(6)64(52)70(66)10)77-38-18-34-68(8)36-32-48-24-28-56(73-12)58(40-48)75-14/h15-16,19-30,39-44H,17-18,31-38H2,1-14H3. The minimum absolute atomic E-state index is 0.183. The summed E-state index contributed by atoms with van der Waals surface area (Å²) in [5.74, 6) is 4.82. The van der Waals surface area contributed by atoms with Crippen molar-refractivity contribution in [1.29, 1.82) is 0 Å². The Morgan fingerprint density at radius 1 is 0.500 bits per heavy atom. The fraction of sp³-hybridized carbons (Fsp3) is 0.394. The Balaban J connectivity index is 1.11. The summed E-state index contributed by atoms with van der Waals surface area (Å²) in [4.78, 5) is 6.14. The minimum Gasteiger partial charge on any atom is -0.494 e. The van der Waals surface area contributed by atoms with E-state index in [1.54, 1.807) is 28.4 Å². The molecular formula is C66H82N4O7S. The Bertz CT molecular complexity index is 3170. The van der Waals surface area contributed by atoms with Crippen LogP contribution in [0.2, 0.25) is 0 Å². The molecule has 11 nitrogen and oxygen atoms in total. The number of ether oxygens (including phenoxy) is 6. The highest BCUT2D eigenvalue weighted by atomic mass is 32.2. The molecule has 0 bridgehead atoms. The molecule has 8 aromatic rings. The van der Waals surface area contributed by atoms with E-state index in [0.717, 1.165) is 119 Å². The molecule has 0 spiro atoms. The SMILES string of the molecule is COc1ccc(CCN(C)CCCOc2ccc(S(=O)c3ccc(OCCCN(C)CCc4ccc(OC)c(OC)c4)cc3-c3c(C(C)C)c4cccc(C)c4n3C)c(-c3c(C(C)C)c4cccc(C)c4n3C)c2)cc1OC.